The van der Waals surface area contributed by atoms with Gasteiger partial charge in [0.1, 0.15) is 12.4 Å². The average molecular weight is 253 g/mol. The van der Waals surface area contributed by atoms with Crippen molar-refractivity contribution in [3.05, 3.63) is 47.5 Å². The second kappa shape index (κ2) is 6.50. The summed E-state index contributed by atoms with van der Waals surface area (Å²) in [4.78, 5) is 0. The van der Waals surface area contributed by atoms with Gasteiger partial charge in [0.15, 0.2) is 0 Å². The summed E-state index contributed by atoms with van der Waals surface area (Å²) in [7, 11) is -1.61. The number of allylic oxidation sites excluding steroid dienone is 1. The highest BCUT2D eigenvalue weighted by Gasteiger charge is 2.17. The Labute approximate surface area is 106 Å². The van der Waals surface area contributed by atoms with Gasteiger partial charge in [-0.05, 0) is 30.7 Å². The zero-order chi connectivity index (χ0) is 12.8. The Morgan fingerprint density at radius 2 is 2.24 bits per heavy atom. The van der Waals surface area contributed by atoms with E-state index < -0.39 is 7.12 Å². The molecule has 1 aromatic carbocycles. The first-order valence-corrected chi connectivity index (χ1v) is 5.52. The van der Waals surface area contributed by atoms with E-state index in [-0.39, 0.29) is 5.46 Å². The van der Waals surface area contributed by atoms with Crippen LogP contribution in [0, 0.1) is 0 Å². The summed E-state index contributed by atoms with van der Waals surface area (Å²) in [5.74, 6) is 0.394. The number of hydrogen-bond acceptors (Lipinski definition) is 3. The molecule has 90 valence electrons. The maximum absolute atomic E-state index is 9.19. The first kappa shape index (κ1) is 13.8. The van der Waals surface area contributed by atoms with E-state index in [4.69, 9.17) is 16.3 Å². The van der Waals surface area contributed by atoms with Crippen LogP contribution in [0.3, 0.4) is 0 Å². The van der Waals surface area contributed by atoms with E-state index in [0.717, 1.165) is 5.57 Å². The van der Waals surface area contributed by atoms with E-state index in [1.807, 2.05) is 13.0 Å². The van der Waals surface area contributed by atoms with Crippen LogP contribution in [0.15, 0.2) is 42.5 Å². The van der Waals surface area contributed by atoms with E-state index in [1.54, 1.807) is 18.2 Å². The summed E-state index contributed by atoms with van der Waals surface area (Å²) in [5.41, 5.74) is 1.16. The van der Waals surface area contributed by atoms with Gasteiger partial charge in [-0.3, -0.25) is 0 Å². The van der Waals surface area contributed by atoms with Gasteiger partial charge >= 0.3 is 7.12 Å². The molecule has 17 heavy (non-hydrogen) atoms. The Kier molecular flexibility index (Phi) is 5.29. The standard InChI is InChI=1S/C12H14BClO3/c1-3-9(4-2)8-17-12-6-5-10(14)7-11(12)13(15)16/h3-7,15-16H,1,8H2,2H3/b9-4+. The van der Waals surface area contributed by atoms with Crippen molar-refractivity contribution in [2.24, 2.45) is 0 Å². The van der Waals surface area contributed by atoms with Gasteiger partial charge in [0.05, 0.1) is 0 Å². The summed E-state index contributed by atoms with van der Waals surface area (Å²) in [6.07, 6.45) is 3.56. The second-order valence-electron chi connectivity index (χ2n) is 3.41. The van der Waals surface area contributed by atoms with Crippen LogP contribution in [0.2, 0.25) is 5.02 Å². The van der Waals surface area contributed by atoms with Gasteiger partial charge in [-0.15, -0.1) is 0 Å². The van der Waals surface area contributed by atoms with E-state index >= 15 is 0 Å². The van der Waals surface area contributed by atoms with Crippen LogP contribution in [0.5, 0.6) is 5.75 Å². The molecule has 0 aliphatic carbocycles. The second-order valence-corrected chi connectivity index (χ2v) is 3.85. The van der Waals surface area contributed by atoms with E-state index in [9.17, 15) is 10.0 Å². The summed E-state index contributed by atoms with van der Waals surface area (Å²) in [5, 5.41) is 18.8. The normalized spacial score (nSPS) is 11.2. The first-order chi connectivity index (χ1) is 8.08. The third-order valence-electron chi connectivity index (χ3n) is 2.28. The van der Waals surface area contributed by atoms with Gasteiger partial charge in [0.25, 0.3) is 0 Å². The van der Waals surface area contributed by atoms with E-state index in [2.05, 4.69) is 6.58 Å². The maximum atomic E-state index is 9.19. The molecule has 0 unspecified atom stereocenters. The van der Waals surface area contributed by atoms with Crippen molar-refractivity contribution in [2.75, 3.05) is 6.61 Å². The number of halogens is 1. The number of benzene rings is 1. The number of hydrogen-bond donors (Lipinski definition) is 2. The molecule has 0 heterocycles. The monoisotopic (exact) mass is 252 g/mol. The van der Waals surface area contributed by atoms with Gasteiger partial charge in [-0.1, -0.05) is 30.3 Å². The molecule has 0 aliphatic rings. The van der Waals surface area contributed by atoms with E-state index in [1.165, 1.54) is 6.07 Å². The molecule has 0 saturated heterocycles. The summed E-state index contributed by atoms with van der Waals surface area (Å²) >= 11 is 5.77. The molecular formula is C12H14BClO3. The lowest BCUT2D eigenvalue weighted by molar-refractivity contribution is 0.354. The molecular weight excluding hydrogens is 238 g/mol. The number of rotatable bonds is 5. The maximum Gasteiger partial charge on any atom is 0.492 e. The molecule has 2 N–H and O–H groups in total. The van der Waals surface area contributed by atoms with Gasteiger partial charge in [0, 0.05) is 10.5 Å². The highest BCUT2D eigenvalue weighted by molar-refractivity contribution is 6.60. The lowest BCUT2D eigenvalue weighted by Crippen LogP contribution is -2.31. The van der Waals surface area contributed by atoms with Gasteiger partial charge in [0.2, 0.25) is 0 Å². The fourth-order valence-corrected chi connectivity index (χ4v) is 1.45. The molecule has 0 saturated carbocycles. The van der Waals surface area contributed by atoms with Gasteiger partial charge < -0.3 is 14.8 Å². The zero-order valence-corrected chi connectivity index (χ0v) is 10.3. The van der Waals surface area contributed by atoms with E-state index in [0.29, 0.717) is 17.4 Å². The topological polar surface area (TPSA) is 49.7 Å². The van der Waals surface area contributed by atoms with Crippen LogP contribution in [0.1, 0.15) is 6.92 Å². The smallest absolute Gasteiger partial charge is 0.489 e. The Hall–Kier alpha value is -1.23. The molecule has 0 radical (unpaired) electrons. The van der Waals surface area contributed by atoms with Crippen LogP contribution >= 0.6 is 11.6 Å². The van der Waals surface area contributed by atoms with Crippen molar-refractivity contribution in [3.63, 3.8) is 0 Å². The largest absolute Gasteiger partial charge is 0.492 e. The summed E-state index contributed by atoms with van der Waals surface area (Å²) < 4.78 is 5.48. The summed E-state index contributed by atoms with van der Waals surface area (Å²) in [6.45, 7) is 5.85. The van der Waals surface area contributed by atoms with Crippen molar-refractivity contribution in [1.29, 1.82) is 0 Å². The highest BCUT2D eigenvalue weighted by Crippen LogP contribution is 2.15. The van der Waals surface area contributed by atoms with Crippen LogP contribution in [-0.2, 0) is 0 Å². The van der Waals surface area contributed by atoms with Crippen molar-refractivity contribution in [2.45, 2.75) is 6.92 Å². The van der Waals surface area contributed by atoms with Crippen LogP contribution in [0.4, 0.5) is 0 Å². The first-order valence-electron chi connectivity index (χ1n) is 5.14. The van der Waals surface area contributed by atoms with Crippen molar-refractivity contribution < 1.29 is 14.8 Å². The van der Waals surface area contributed by atoms with Crippen molar-refractivity contribution >= 4 is 24.2 Å². The van der Waals surface area contributed by atoms with Gasteiger partial charge in [-0.2, -0.15) is 0 Å². The van der Waals surface area contributed by atoms with Crippen LogP contribution < -0.4 is 10.2 Å². The van der Waals surface area contributed by atoms with Gasteiger partial charge in [-0.25, -0.2) is 0 Å². The predicted octanol–water partition coefficient (Wildman–Crippen LogP) is 1.53. The molecule has 0 amide bonds. The summed E-state index contributed by atoms with van der Waals surface area (Å²) in [6, 6.07) is 4.70. The SMILES string of the molecule is C=C/C(=C\C)COc1ccc(Cl)cc1B(O)O. The molecule has 5 heteroatoms. The molecule has 1 aromatic rings. The molecule has 1 rings (SSSR count). The molecule has 0 spiro atoms. The fourth-order valence-electron chi connectivity index (χ4n) is 1.27. The molecule has 0 bridgehead atoms. The Morgan fingerprint density at radius 3 is 2.76 bits per heavy atom. The van der Waals surface area contributed by atoms with Crippen LogP contribution in [-0.4, -0.2) is 23.8 Å². The highest BCUT2D eigenvalue weighted by atomic mass is 35.5. The molecule has 3 nitrogen and oxygen atoms in total. The minimum Gasteiger partial charge on any atom is -0.489 e. The minimum absolute atomic E-state index is 0.247. The third-order valence-corrected chi connectivity index (χ3v) is 2.51. The quantitative estimate of drug-likeness (QED) is 0.617. The lowest BCUT2D eigenvalue weighted by atomic mass is 9.79. The molecule has 0 aliphatic heterocycles. The molecule has 0 fully saturated rings. The van der Waals surface area contributed by atoms with Crippen molar-refractivity contribution in [1.82, 2.24) is 0 Å². The third kappa shape index (κ3) is 3.93. The number of ether oxygens (including phenoxy) is 1. The molecule has 0 aromatic heterocycles. The molecule has 0 atom stereocenters. The fraction of sp³-hybridized carbons (Fsp3) is 0.167. The predicted molar refractivity (Wildman–Crippen MR) is 70.7 cm³/mol. The van der Waals surface area contributed by atoms with Crippen molar-refractivity contribution in [3.8, 4) is 5.75 Å². The lowest BCUT2D eigenvalue weighted by Gasteiger charge is -2.11. The van der Waals surface area contributed by atoms with Crippen LogP contribution in [0.25, 0.3) is 0 Å². The average Bonchev–Trinajstić information content (AvgIpc) is 2.31. The Morgan fingerprint density at radius 1 is 1.53 bits per heavy atom. The Balaban J connectivity index is 2.87. The Bertz CT molecular complexity index is 430. The minimum atomic E-state index is -1.61. The zero-order valence-electron chi connectivity index (χ0n) is 9.56.